The molecule has 0 unspecified atom stereocenters. The molecule has 1 aromatic carbocycles. The molecule has 1 aromatic rings. The van der Waals surface area contributed by atoms with Crippen LogP contribution in [-0.2, 0) is 9.53 Å². The second-order valence-corrected chi connectivity index (χ2v) is 4.73. The number of esters is 1. The summed E-state index contributed by atoms with van der Waals surface area (Å²) in [6, 6.07) is 4.43. The number of nitrogens with one attached hydrogen (secondary N) is 2. The van der Waals surface area contributed by atoms with E-state index in [0.717, 1.165) is 0 Å². The maximum Gasteiger partial charge on any atom is 0.319 e. The Labute approximate surface area is 127 Å². The summed E-state index contributed by atoms with van der Waals surface area (Å²) in [5, 5.41) is 6.03. The SMILES string of the molecule is CCOC(=O)CCCNC(=O)Nc1ccc(Cl)c(Cl)c1. The first-order chi connectivity index (χ1) is 9.52. The predicted molar refractivity (Wildman–Crippen MR) is 79.4 cm³/mol. The fourth-order valence-electron chi connectivity index (χ4n) is 1.42. The van der Waals surface area contributed by atoms with Gasteiger partial charge in [-0.3, -0.25) is 4.79 Å². The van der Waals surface area contributed by atoms with Crippen molar-refractivity contribution in [2.24, 2.45) is 0 Å². The van der Waals surface area contributed by atoms with Gasteiger partial charge < -0.3 is 15.4 Å². The molecular formula is C13H16Cl2N2O3. The molecule has 0 spiro atoms. The van der Waals surface area contributed by atoms with Crippen LogP contribution >= 0.6 is 23.2 Å². The van der Waals surface area contributed by atoms with Crippen molar-refractivity contribution in [2.45, 2.75) is 19.8 Å². The lowest BCUT2D eigenvalue weighted by Gasteiger charge is -2.08. The second-order valence-electron chi connectivity index (χ2n) is 3.92. The van der Waals surface area contributed by atoms with Crippen LogP contribution in [0.1, 0.15) is 19.8 Å². The number of benzene rings is 1. The highest BCUT2D eigenvalue weighted by molar-refractivity contribution is 6.42. The van der Waals surface area contributed by atoms with Gasteiger partial charge in [0.2, 0.25) is 0 Å². The lowest BCUT2D eigenvalue weighted by molar-refractivity contribution is -0.143. The third kappa shape index (κ3) is 6.12. The highest BCUT2D eigenvalue weighted by atomic mass is 35.5. The number of hydrogen-bond donors (Lipinski definition) is 2. The van der Waals surface area contributed by atoms with Gasteiger partial charge in [-0.05, 0) is 31.5 Å². The van der Waals surface area contributed by atoms with E-state index in [1.165, 1.54) is 0 Å². The molecule has 0 bridgehead atoms. The zero-order chi connectivity index (χ0) is 15.0. The van der Waals surface area contributed by atoms with Gasteiger partial charge in [0.1, 0.15) is 0 Å². The molecule has 7 heteroatoms. The molecule has 0 aliphatic carbocycles. The molecule has 0 radical (unpaired) electrons. The Hall–Kier alpha value is -1.46. The lowest BCUT2D eigenvalue weighted by Crippen LogP contribution is -2.29. The number of halogens is 2. The summed E-state index contributed by atoms with van der Waals surface area (Å²) in [6.45, 7) is 2.50. The van der Waals surface area contributed by atoms with E-state index in [2.05, 4.69) is 10.6 Å². The monoisotopic (exact) mass is 318 g/mol. The molecule has 1 rings (SSSR count). The Bertz CT molecular complexity index is 481. The number of carbonyl (C=O) groups is 2. The number of amides is 2. The molecule has 0 atom stereocenters. The molecule has 110 valence electrons. The van der Waals surface area contributed by atoms with E-state index in [9.17, 15) is 9.59 Å². The van der Waals surface area contributed by atoms with Crippen LogP contribution in [0.4, 0.5) is 10.5 Å². The van der Waals surface area contributed by atoms with Crippen molar-refractivity contribution in [2.75, 3.05) is 18.5 Å². The van der Waals surface area contributed by atoms with Crippen LogP contribution in [0, 0.1) is 0 Å². The van der Waals surface area contributed by atoms with Crippen molar-refractivity contribution in [3.05, 3.63) is 28.2 Å². The van der Waals surface area contributed by atoms with E-state index in [1.54, 1.807) is 25.1 Å². The average molecular weight is 319 g/mol. The number of carbonyl (C=O) groups excluding carboxylic acids is 2. The standard InChI is InChI=1S/C13H16Cl2N2O3/c1-2-20-12(18)4-3-7-16-13(19)17-9-5-6-10(14)11(15)8-9/h5-6,8H,2-4,7H2,1H3,(H2,16,17,19). The third-order valence-electron chi connectivity index (χ3n) is 2.33. The van der Waals surface area contributed by atoms with Gasteiger partial charge in [-0.1, -0.05) is 23.2 Å². The van der Waals surface area contributed by atoms with Crippen molar-refractivity contribution in [3.8, 4) is 0 Å². The Kier molecular flexibility index (Phi) is 7.18. The van der Waals surface area contributed by atoms with Crippen LogP contribution in [0.2, 0.25) is 10.0 Å². The van der Waals surface area contributed by atoms with Crippen LogP contribution in [0.15, 0.2) is 18.2 Å². The van der Waals surface area contributed by atoms with Gasteiger partial charge in [-0.2, -0.15) is 0 Å². The van der Waals surface area contributed by atoms with E-state index in [4.69, 9.17) is 27.9 Å². The molecule has 20 heavy (non-hydrogen) atoms. The fraction of sp³-hybridized carbons (Fsp3) is 0.385. The van der Waals surface area contributed by atoms with Gasteiger partial charge in [0.15, 0.2) is 0 Å². The minimum Gasteiger partial charge on any atom is -0.466 e. The van der Waals surface area contributed by atoms with Crippen molar-refractivity contribution in [1.82, 2.24) is 5.32 Å². The largest absolute Gasteiger partial charge is 0.466 e. The highest BCUT2D eigenvalue weighted by Crippen LogP contribution is 2.24. The smallest absolute Gasteiger partial charge is 0.319 e. The van der Waals surface area contributed by atoms with E-state index >= 15 is 0 Å². The molecule has 5 nitrogen and oxygen atoms in total. The van der Waals surface area contributed by atoms with Crippen LogP contribution in [0.3, 0.4) is 0 Å². The molecule has 0 aliphatic heterocycles. The topological polar surface area (TPSA) is 67.4 Å². The first-order valence-corrected chi connectivity index (χ1v) is 6.94. The average Bonchev–Trinajstić information content (AvgIpc) is 2.39. The normalized spacial score (nSPS) is 9.95. The predicted octanol–water partition coefficient (Wildman–Crippen LogP) is 3.46. The third-order valence-corrected chi connectivity index (χ3v) is 3.07. The van der Waals surface area contributed by atoms with Gasteiger partial charge in [0.05, 0.1) is 16.7 Å². The number of urea groups is 1. The first-order valence-electron chi connectivity index (χ1n) is 6.18. The second kappa shape index (κ2) is 8.66. The number of ether oxygens (including phenoxy) is 1. The van der Waals surface area contributed by atoms with Gasteiger partial charge in [-0.25, -0.2) is 4.79 Å². The minimum atomic E-state index is -0.368. The summed E-state index contributed by atoms with van der Waals surface area (Å²) in [5.74, 6) is -0.265. The summed E-state index contributed by atoms with van der Waals surface area (Å²) in [4.78, 5) is 22.6. The van der Waals surface area contributed by atoms with E-state index in [-0.39, 0.29) is 18.4 Å². The van der Waals surface area contributed by atoms with Gasteiger partial charge in [0, 0.05) is 18.7 Å². The number of rotatable bonds is 6. The Morgan fingerprint density at radius 1 is 1.25 bits per heavy atom. The summed E-state index contributed by atoms with van der Waals surface area (Å²) < 4.78 is 4.77. The van der Waals surface area contributed by atoms with Gasteiger partial charge in [-0.15, -0.1) is 0 Å². The Morgan fingerprint density at radius 2 is 2.00 bits per heavy atom. The molecule has 0 saturated heterocycles. The molecule has 2 N–H and O–H groups in total. The number of anilines is 1. The Balaban J connectivity index is 2.26. The maximum atomic E-state index is 11.6. The van der Waals surface area contributed by atoms with Gasteiger partial charge in [0.25, 0.3) is 0 Å². The van der Waals surface area contributed by atoms with Crippen LogP contribution in [-0.4, -0.2) is 25.2 Å². The molecule has 0 heterocycles. The quantitative estimate of drug-likeness (QED) is 0.623. The molecular weight excluding hydrogens is 303 g/mol. The summed E-state index contributed by atoms with van der Waals surface area (Å²) >= 11 is 11.6. The molecule has 0 aliphatic rings. The van der Waals surface area contributed by atoms with E-state index < -0.39 is 0 Å². The van der Waals surface area contributed by atoms with Crippen molar-refractivity contribution in [3.63, 3.8) is 0 Å². The van der Waals surface area contributed by atoms with E-state index in [0.29, 0.717) is 35.3 Å². The Morgan fingerprint density at radius 3 is 2.65 bits per heavy atom. The first kappa shape index (κ1) is 16.6. The van der Waals surface area contributed by atoms with Crippen LogP contribution < -0.4 is 10.6 Å². The van der Waals surface area contributed by atoms with Crippen LogP contribution in [0.5, 0.6) is 0 Å². The summed E-state index contributed by atoms with van der Waals surface area (Å²) in [5.41, 5.74) is 0.544. The van der Waals surface area contributed by atoms with Crippen molar-refractivity contribution < 1.29 is 14.3 Å². The minimum absolute atomic E-state index is 0.265. The van der Waals surface area contributed by atoms with Gasteiger partial charge >= 0.3 is 12.0 Å². The highest BCUT2D eigenvalue weighted by Gasteiger charge is 2.05. The zero-order valence-electron chi connectivity index (χ0n) is 11.0. The van der Waals surface area contributed by atoms with Crippen molar-refractivity contribution in [1.29, 1.82) is 0 Å². The molecule has 0 saturated carbocycles. The molecule has 0 fully saturated rings. The number of hydrogen-bond acceptors (Lipinski definition) is 3. The van der Waals surface area contributed by atoms with Crippen LogP contribution in [0.25, 0.3) is 0 Å². The fourth-order valence-corrected chi connectivity index (χ4v) is 1.72. The molecule has 2 amide bonds. The maximum absolute atomic E-state index is 11.6. The summed E-state index contributed by atoms with van der Waals surface area (Å²) in [6.07, 6.45) is 0.800. The molecule has 0 aromatic heterocycles. The summed E-state index contributed by atoms with van der Waals surface area (Å²) in [7, 11) is 0. The van der Waals surface area contributed by atoms with E-state index in [1.807, 2.05) is 0 Å². The van der Waals surface area contributed by atoms with Crippen molar-refractivity contribution >= 4 is 40.9 Å². The lowest BCUT2D eigenvalue weighted by atomic mass is 10.3. The zero-order valence-corrected chi connectivity index (χ0v) is 12.6.